The molecule has 92 valence electrons. The second kappa shape index (κ2) is 6.78. The van der Waals surface area contributed by atoms with Gasteiger partial charge in [-0.15, -0.1) is 0 Å². The van der Waals surface area contributed by atoms with Crippen LogP contribution in [0.15, 0.2) is 0 Å². The Morgan fingerprint density at radius 3 is 2.31 bits per heavy atom. The lowest BCUT2D eigenvalue weighted by Crippen LogP contribution is -2.42. The van der Waals surface area contributed by atoms with Crippen LogP contribution in [0, 0.1) is 0 Å². The van der Waals surface area contributed by atoms with Gasteiger partial charge in [-0.1, -0.05) is 0 Å². The Kier molecular flexibility index (Phi) is 6.09. The number of carbonyl (C=O) groups is 3. The fraction of sp³-hybridized carbons (Fsp3) is 0.667. The average molecular weight is 231 g/mol. The van der Waals surface area contributed by atoms with E-state index >= 15 is 0 Å². The number of carboxylic acids is 1. The van der Waals surface area contributed by atoms with Crippen molar-refractivity contribution in [2.45, 2.75) is 38.3 Å². The number of amides is 2. The van der Waals surface area contributed by atoms with Crippen molar-refractivity contribution in [2.24, 2.45) is 11.5 Å². The topological polar surface area (TPSA) is 136 Å². The molecule has 0 aliphatic rings. The lowest BCUT2D eigenvalue weighted by Gasteiger charge is -2.14. The number of aliphatic carboxylic acids is 1. The van der Waals surface area contributed by atoms with Gasteiger partial charge in [-0.2, -0.15) is 0 Å². The monoisotopic (exact) mass is 231 g/mol. The van der Waals surface area contributed by atoms with Crippen LogP contribution in [0.1, 0.15) is 26.2 Å². The lowest BCUT2D eigenvalue weighted by atomic mass is 10.1. The van der Waals surface area contributed by atoms with Gasteiger partial charge < -0.3 is 21.9 Å². The third kappa shape index (κ3) is 6.77. The SMILES string of the molecule is CC(N)CC(=O)NC(CCC(N)=O)C(=O)O. The molecule has 0 rings (SSSR count). The van der Waals surface area contributed by atoms with Crippen molar-refractivity contribution in [3.05, 3.63) is 0 Å². The molecule has 0 fully saturated rings. The highest BCUT2D eigenvalue weighted by Crippen LogP contribution is 1.98. The predicted octanol–water partition coefficient (Wildman–Crippen LogP) is -1.44. The minimum Gasteiger partial charge on any atom is -0.480 e. The van der Waals surface area contributed by atoms with Crippen LogP contribution in [0.4, 0.5) is 0 Å². The maximum absolute atomic E-state index is 11.2. The minimum absolute atomic E-state index is 0.0185. The number of nitrogens with one attached hydrogen (secondary N) is 1. The first kappa shape index (κ1) is 14.4. The van der Waals surface area contributed by atoms with Gasteiger partial charge in [0, 0.05) is 18.9 Å². The minimum atomic E-state index is -1.20. The van der Waals surface area contributed by atoms with E-state index in [2.05, 4.69) is 5.32 Å². The van der Waals surface area contributed by atoms with Crippen LogP contribution in [0.2, 0.25) is 0 Å². The van der Waals surface area contributed by atoms with E-state index in [0.29, 0.717) is 0 Å². The molecule has 0 saturated carbocycles. The molecule has 0 aromatic rings. The molecule has 6 N–H and O–H groups in total. The van der Waals surface area contributed by atoms with Crippen molar-refractivity contribution in [3.63, 3.8) is 0 Å². The zero-order chi connectivity index (χ0) is 12.7. The zero-order valence-corrected chi connectivity index (χ0v) is 9.10. The van der Waals surface area contributed by atoms with Crippen LogP contribution in [-0.4, -0.2) is 35.0 Å². The smallest absolute Gasteiger partial charge is 0.326 e. The van der Waals surface area contributed by atoms with E-state index in [4.69, 9.17) is 16.6 Å². The number of primary amides is 1. The number of hydrogen-bond acceptors (Lipinski definition) is 4. The fourth-order valence-corrected chi connectivity index (χ4v) is 1.09. The second-order valence-corrected chi connectivity index (χ2v) is 3.64. The second-order valence-electron chi connectivity index (χ2n) is 3.64. The van der Waals surface area contributed by atoms with Crippen LogP contribution < -0.4 is 16.8 Å². The fourth-order valence-electron chi connectivity index (χ4n) is 1.09. The Morgan fingerprint density at radius 2 is 1.94 bits per heavy atom. The van der Waals surface area contributed by atoms with Crippen LogP contribution in [0.3, 0.4) is 0 Å². The third-order valence-corrected chi connectivity index (χ3v) is 1.82. The Morgan fingerprint density at radius 1 is 1.38 bits per heavy atom. The van der Waals surface area contributed by atoms with Gasteiger partial charge in [0.15, 0.2) is 0 Å². The molecule has 2 atom stereocenters. The largest absolute Gasteiger partial charge is 0.480 e. The van der Waals surface area contributed by atoms with Gasteiger partial charge in [0.25, 0.3) is 0 Å². The molecule has 7 nitrogen and oxygen atoms in total. The van der Waals surface area contributed by atoms with Crippen molar-refractivity contribution < 1.29 is 19.5 Å². The van der Waals surface area contributed by atoms with Gasteiger partial charge in [0.05, 0.1) is 0 Å². The molecule has 0 aromatic heterocycles. The summed E-state index contributed by atoms with van der Waals surface area (Å²) in [4.78, 5) is 32.5. The first-order chi connectivity index (χ1) is 7.32. The van der Waals surface area contributed by atoms with Crippen molar-refractivity contribution in [3.8, 4) is 0 Å². The Hall–Kier alpha value is -1.63. The number of carbonyl (C=O) groups excluding carboxylic acids is 2. The first-order valence-corrected chi connectivity index (χ1v) is 4.89. The number of rotatable bonds is 7. The Balaban J connectivity index is 4.17. The summed E-state index contributed by atoms with van der Waals surface area (Å²) >= 11 is 0. The molecule has 0 aromatic carbocycles. The van der Waals surface area contributed by atoms with E-state index in [1.807, 2.05) is 0 Å². The van der Waals surface area contributed by atoms with Gasteiger partial charge in [-0.25, -0.2) is 4.79 Å². The number of nitrogens with two attached hydrogens (primary N) is 2. The summed E-state index contributed by atoms with van der Waals surface area (Å²) in [5.74, 6) is -2.25. The molecule has 0 aliphatic carbocycles. The Bertz CT molecular complexity index is 278. The van der Waals surface area contributed by atoms with E-state index < -0.39 is 23.8 Å². The highest BCUT2D eigenvalue weighted by molar-refractivity contribution is 5.84. The quantitative estimate of drug-likeness (QED) is 0.425. The molecule has 0 spiro atoms. The van der Waals surface area contributed by atoms with Gasteiger partial charge in [0.2, 0.25) is 11.8 Å². The van der Waals surface area contributed by atoms with E-state index in [0.717, 1.165) is 0 Å². The highest BCUT2D eigenvalue weighted by Gasteiger charge is 2.20. The van der Waals surface area contributed by atoms with E-state index in [1.165, 1.54) is 0 Å². The van der Waals surface area contributed by atoms with Crippen molar-refractivity contribution in [2.75, 3.05) is 0 Å². The average Bonchev–Trinajstić information content (AvgIpc) is 2.09. The molecular formula is C9H17N3O4. The summed E-state index contributed by atoms with van der Waals surface area (Å²) in [6, 6.07) is -1.44. The summed E-state index contributed by atoms with van der Waals surface area (Å²) in [5, 5.41) is 11.0. The first-order valence-electron chi connectivity index (χ1n) is 4.89. The molecule has 16 heavy (non-hydrogen) atoms. The van der Waals surface area contributed by atoms with Gasteiger partial charge in [-0.3, -0.25) is 9.59 Å². The Labute approximate surface area is 93.2 Å². The van der Waals surface area contributed by atoms with Gasteiger partial charge in [-0.05, 0) is 13.3 Å². The highest BCUT2D eigenvalue weighted by atomic mass is 16.4. The molecule has 0 aliphatic heterocycles. The summed E-state index contributed by atoms with van der Waals surface area (Å²) in [5.41, 5.74) is 10.3. The van der Waals surface area contributed by atoms with Crippen molar-refractivity contribution >= 4 is 17.8 Å². The summed E-state index contributed by atoms with van der Waals surface area (Å²) in [6.45, 7) is 1.64. The lowest BCUT2D eigenvalue weighted by molar-refractivity contribution is -0.142. The summed E-state index contributed by atoms with van der Waals surface area (Å²) in [6.07, 6.45) is -0.0643. The molecular weight excluding hydrogens is 214 g/mol. The van der Waals surface area contributed by atoms with E-state index in [9.17, 15) is 14.4 Å². The third-order valence-electron chi connectivity index (χ3n) is 1.82. The predicted molar refractivity (Wildman–Crippen MR) is 56.3 cm³/mol. The van der Waals surface area contributed by atoms with Crippen molar-refractivity contribution in [1.29, 1.82) is 0 Å². The van der Waals surface area contributed by atoms with Crippen molar-refractivity contribution in [1.82, 2.24) is 5.32 Å². The molecule has 7 heteroatoms. The molecule has 0 bridgehead atoms. The molecule has 0 saturated heterocycles. The molecule has 2 amide bonds. The molecule has 0 radical (unpaired) electrons. The van der Waals surface area contributed by atoms with Gasteiger partial charge >= 0.3 is 5.97 Å². The number of hydrogen-bond donors (Lipinski definition) is 4. The summed E-state index contributed by atoms with van der Waals surface area (Å²) in [7, 11) is 0. The van der Waals surface area contributed by atoms with Crippen LogP contribution >= 0.6 is 0 Å². The summed E-state index contributed by atoms with van der Waals surface area (Å²) < 4.78 is 0. The standard InChI is InChI=1S/C9H17N3O4/c1-5(10)4-8(14)12-6(9(15)16)2-3-7(11)13/h5-6H,2-4,10H2,1H3,(H2,11,13)(H,12,14)(H,15,16). The molecule has 0 heterocycles. The van der Waals surface area contributed by atoms with Crippen LogP contribution in [0.25, 0.3) is 0 Å². The van der Waals surface area contributed by atoms with Crippen LogP contribution in [-0.2, 0) is 14.4 Å². The number of carboxylic acid groups (broad SMARTS) is 1. The van der Waals surface area contributed by atoms with E-state index in [1.54, 1.807) is 6.92 Å². The maximum atomic E-state index is 11.2. The normalized spacial score (nSPS) is 13.9. The zero-order valence-electron chi connectivity index (χ0n) is 9.10. The van der Waals surface area contributed by atoms with Crippen LogP contribution in [0.5, 0.6) is 0 Å². The maximum Gasteiger partial charge on any atom is 0.326 e. The van der Waals surface area contributed by atoms with E-state index in [-0.39, 0.29) is 25.3 Å². The van der Waals surface area contributed by atoms with Gasteiger partial charge in [0.1, 0.15) is 6.04 Å². The molecule has 2 unspecified atom stereocenters.